The molecule has 5 nitrogen and oxygen atoms in total. The standard InChI is InChI=1S/C10H15NO4/c1-7-6-11(10(13)14)4-3-8(7)5-9(12)15-2/h5,7H,3-4,6H2,1-2H3,(H,13,14). The second kappa shape index (κ2) is 4.82. The van der Waals surface area contributed by atoms with Crippen molar-refractivity contribution in [1.82, 2.24) is 4.90 Å². The number of carboxylic acid groups (broad SMARTS) is 1. The van der Waals surface area contributed by atoms with Crippen LogP contribution in [-0.4, -0.2) is 42.3 Å². The van der Waals surface area contributed by atoms with E-state index in [4.69, 9.17) is 5.11 Å². The minimum Gasteiger partial charge on any atom is -0.466 e. The van der Waals surface area contributed by atoms with Crippen LogP contribution in [0.25, 0.3) is 0 Å². The van der Waals surface area contributed by atoms with Crippen molar-refractivity contribution in [1.29, 1.82) is 0 Å². The van der Waals surface area contributed by atoms with E-state index >= 15 is 0 Å². The molecule has 5 heteroatoms. The van der Waals surface area contributed by atoms with Gasteiger partial charge < -0.3 is 14.7 Å². The third-order valence-corrected chi connectivity index (χ3v) is 2.57. The Hall–Kier alpha value is -1.52. The number of esters is 1. The van der Waals surface area contributed by atoms with Crippen molar-refractivity contribution < 1.29 is 19.4 Å². The van der Waals surface area contributed by atoms with Gasteiger partial charge in [0.05, 0.1) is 7.11 Å². The first-order valence-corrected chi connectivity index (χ1v) is 4.81. The SMILES string of the molecule is COC(=O)C=C1CCN(C(=O)O)CC1C. The summed E-state index contributed by atoms with van der Waals surface area (Å²) < 4.78 is 4.53. The molecule has 0 saturated carbocycles. The Labute approximate surface area is 88.3 Å². The lowest BCUT2D eigenvalue weighted by Gasteiger charge is -2.30. The normalized spacial score (nSPS) is 24.0. The lowest BCUT2D eigenvalue weighted by atomic mass is 9.93. The molecule has 1 aliphatic rings. The molecule has 0 radical (unpaired) electrons. The fourth-order valence-corrected chi connectivity index (χ4v) is 1.65. The van der Waals surface area contributed by atoms with E-state index in [0.29, 0.717) is 19.5 Å². The largest absolute Gasteiger partial charge is 0.466 e. The maximum Gasteiger partial charge on any atom is 0.407 e. The van der Waals surface area contributed by atoms with Crippen LogP contribution in [0.15, 0.2) is 11.6 Å². The Morgan fingerprint density at radius 1 is 1.60 bits per heavy atom. The van der Waals surface area contributed by atoms with Crippen LogP contribution in [-0.2, 0) is 9.53 Å². The first kappa shape index (κ1) is 11.6. The molecule has 1 unspecified atom stereocenters. The summed E-state index contributed by atoms with van der Waals surface area (Å²) in [6, 6.07) is 0. The molecule has 1 N–H and O–H groups in total. The highest BCUT2D eigenvalue weighted by Crippen LogP contribution is 2.22. The Morgan fingerprint density at radius 3 is 2.73 bits per heavy atom. The van der Waals surface area contributed by atoms with E-state index in [1.165, 1.54) is 18.1 Å². The molecule has 0 bridgehead atoms. The summed E-state index contributed by atoms with van der Waals surface area (Å²) in [5.74, 6) is -0.297. The molecule has 1 fully saturated rings. The highest BCUT2D eigenvalue weighted by Gasteiger charge is 2.24. The third-order valence-electron chi connectivity index (χ3n) is 2.57. The number of likely N-dealkylation sites (tertiary alicyclic amines) is 1. The van der Waals surface area contributed by atoms with Crippen molar-refractivity contribution in [3.05, 3.63) is 11.6 Å². The summed E-state index contributed by atoms with van der Waals surface area (Å²) in [5, 5.41) is 8.79. The van der Waals surface area contributed by atoms with Crippen LogP contribution >= 0.6 is 0 Å². The monoisotopic (exact) mass is 213 g/mol. The van der Waals surface area contributed by atoms with E-state index in [-0.39, 0.29) is 11.9 Å². The van der Waals surface area contributed by atoms with Crippen LogP contribution in [0.5, 0.6) is 0 Å². The highest BCUT2D eigenvalue weighted by atomic mass is 16.5. The fourth-order valence-electron chi connectivity index (χ4n) is 1.65. The first-order chi connectivity index (χ1) is 7.04. The number of piperidine rings is 1. The number of carbonyl (C=O) groups excluding carboxylic acids is 1. The van der Waals surface area contributed by atoms with Crippen LogP contribution in [0.3, 0.4) is 0 Å². The molecule has 0 aromatic rings. The van der Waals surface area contributed by atoms with Crippen LogP contribution in [0.4, 0.5) is 4.79 Å². The van der Waals surface area contributed by atoms with Gasteiger partial charge in [-0.15, -0.1) is 0 Å². The summed E-state index contributed by atoms with van der Waals surface area (Å²) in [4.78, 5) is 23.1. The molecule has 0 aromatic carbocycles. The number of ether oxygens (including phenoxy) is 1. The Balaban J connectivity index is 2.64. The molecular formula is C10H15NO4. The van der Waals surface area contributed by atoms with Crippen molar-refractivity contribution in [2.75, 3.05) is 20.2 Å². The molecule has 0 spiro atoms. The molecule has 1 aliphatic heterocycles. The van der Waals surface area contributed by atoms with Gasteiger partial charge in [-0.2, -0.15) is 0 Å². The summed E-state index contributed by atoms with van der Waals surface area (Å²) in [6.45, 7) is 2.80. The predicted octanol–water partition coefficient (Wildman–Crippen LogP) is 1.11. The van der Waals surface area contributed by atoms with Crippen LogP contribution in [0, 0.1) is 5.92 Å². The lowest BCUT2D eigenvalue weighted by Crippen LogP contribution is -2.39. The molecule has 15 heavy (non-hydrogen) atoms. The predicted molar refractivity (Wildman–Crippen MR) is 53.5 cm³/mol. The molecule has 1 rings (SSSR count). The van der Waals surface area contributed by atoms with E-state index in [0.717, 1.165) is 5.57 Å². The van der Waals surface area contributed by atoms with Gasteiger partial charge in [0, 0.05) is 19.2 Å². The molecule has 1 heterocycles. The van der Waals surface area contributed by atoms with E-state index in [1.807, 2.05) is 6.92 Å². The molecule has 84 valence electrons. The van der Waals surface area contributed by atoms with E-state index in [2.05, 4.69) is 4.74 Å². The van der Waals surface area contributed by atoms with Crippen molar-refractivity contribution >= 4 is 12.1 Å². The topological polar surface area (TPSA) is 66.8 Å². The number of hydrogen-bond donors (Lipinski definition) is 1. The molecular weight excluding hydrogens is 198 g/mol. The van der Waals surface area contributed by atoms with Gasteiger partial charge in [-0.25, -0.2) is 9.59 Å². The molecule has 0 aromatic heterocycles. The number of methoxy groups -OCH3 is 1. The Morgan fingerprint density at radius 2 is 2.27 bits per heavy atom. The number of rotatable bonds is 1. The Kier molecular flexibility index (Phi) is 3.71. The average Bonchev–Trinajstić information content (AvgIpc) is 2.20. The maximum atomic E-state index is 11.0. The van der Waals surface area contributed by atoms with Gasteiger partial charge in [0.25, 0.3) is 0 Å². The first-order valence-electron chi connectivity index (χ1n) is 4.81. The summed E-state index contributed by atoms with van der Waals surface area (Å²) in [6.07, 6.45) is 1.16. The zero-order chi connectivity index (χ0) is 11.4. The van der Waals surface area contributed by atoms with Crippen molar-refractivity contribution in [2.24, 2.45) is 5.92 Å². The fraction of sp³-hybridized carbons (Fsp3) is 0.600. The molecule has 1 saturated heterocycles. The summed E-state index contributed by atoms with van der Waals surface area (Å²) in [7, 11) is 1.33. The average molecular weight is 213 g/mol. The van der Waals surface area contributed by atoms with Gasteiger partial charge in [0.2, 0.25) is 0 Å². The quantitative estimate of drug-likeness (QED) is 0.523. The second-order valence-corrected chi connectivity index (χ2v) is 3.62. The van der Waals surface area contributed by atoms with Gasteiger partial charge in [-0.1, -0.05) is 12.5 Å². The van der Waals surface area contributed by atoms with Crippen LogP contribution < -0.4 is 0 Å². The minimum atomic E-state index is -0.904. The molecule has 1 atom stereocenters. The van der Waals surface area contributed by atoms with Gasteiger partial charge >= 0.3 is 12.1 Å². The lowest BCUT2D eigenvalue weighted by molar-refractivity contribution is -0.134. The number of amides is 1. The summed E-state index contributed by atoms with van der Waals surface area (Å²) in [5.41, 5.74) is 0.958. The summed E-state index contributed by atoms with van der Waals surface area (Å²) >= 11 is 0. The Bertz CT molecular complexity index is 298. The number of hydrogen-bond acceptors (Lipinski definition) is 3. The van der Waals surface area contributed by atoms with Crippen molar-refractivity contribution in [3.8, 4) is 0 Å². The second-order valence-electron chi connectivity index (χ2n) is 3.62. The smallest absolute Gasteiger partial charge is 0.407 e. The maximum absolute atomic E-state index is 11.0. The van der Waals surface area contributed by atoms with Crippen molar-refractivity contribution in [2.45, 2.75) is 13.3 Å². The van der Waals surface area contributed by atoms with Crippen LogP contribution in [0.2, 0.25) is 0 Å². The number of nitrogens with zero attached hydrogens (tertiary/aromatic N) is 1. The van der Waals surface area contributed by atoms with Crippen LogP contribution in [0.1, 0.15) is 13.3 Å². The third kappa shape index (κ3) is 2.97. The molecule has 1 amide bonds. The zero-order valence-corrected chi connectivity index (χ0v) is 8.90. The molecule has 0 aliphatic carbocycles. The van der Waals surface area contributed by atoms with E-state index < -0.39 is 6.09 Å². The van der Waals surface area contributed by atoms with Gasteiger partial charge in [0.1, 0.15) is 0 Å². The minimum absolute atomic E-state index is 0.0777. The van der Waals surface area contributed by atoms with E-state index in [9.17, 15) is 9.59 Å². The van der Waals surface area contributed by atoms with Crippen molar-refractivity contribution in [3.63, 3.8) is 0 Å². The zero-order valence-electron chi connectivity index (χ0n) is 8.90. The van der Waals surface area contributed by atoms with Gasteiger partial charge in [0.15, 0.2) is 0 Å². The number of carbonyl (C=O) groups is 2. The van der Waals surface area contributed by atoms with E-state index in [1.54, 1.807) is 0 Å². The highest BCUT2D eigenvalue weighted by molar-refractivity contribution is 5.82. The van der Waals surface area contributed by atoms with Gasteiger partial charge in [-0.05, 0) is 12.3 Å². The van der Waals surface area contributed by atoms with Gasteiger partial charge in [-0.3, -0.25) is 0 Å².